The van der Waals surface area contributed by atoms with E-state index < -0.39 is 0 Å². The van der Waals surface area contributed by atoms with E-state index in [4.69, 9.17) is 27.9 Å². The monoisotopic (exact) mass is 406 g/mol. The van der Waals surface area contributed by atoms with Crippen LogP contribution in [-0.2, 0) is 17.6 Å². The van der Waals surface area contributed by atoms with E-state index in [1.54, 1.807) is 12.1 Å². The summed E-state index contributed by atoms with van der Waals surface area (Å²) in [5.74, 6) is 0.544. The van der Waals surface area contributed by atoms with Gasteiger partial charge in [-0.1, -0.05) is 47.5 Å². The van der Waals surface area contributed by atoms with E-state index >= 15 is 0 Å². The highest BCUT2D eigenvalue weighted by atomic mass is 35.5. The number of ether oxygens (including phenoxy) is 1. The minimum Gasteiger partial charge on any atom is -0.489 e. The fourth-order valence-corrected chi connectivity index (χ4v) is 4.37. The summed E-state index contributed by atoms with van der Waals surface area (Å²) >= 11 is 12.3. The van der Waals surface area contributed by atoms with Gasteiger partial charge in [0.2, 0.25) is 0 Å². The number of halogens is 2. The van der Waals surface area contributed by atoms with Crippen molar-refractivity contribution in [2.24, 2.45) is 0 Å². The van der Waals surface area contributed by atoms with Crippen LogP contribution in [0.5, 0.6) is 5.75 Å². The van der Waals surface area contributed by atoms with Gasteiger partial charge in [0.25, 0.3) is 0 Å². The zero-order valence-corrected chi connectivity index (χ0v) is 18.1. The van der Waals surface area contributed by atoms with Crippen molar-refractivity contribution in [1.29, 1.82) is 0 Å². The van der Waals surface area contributed by atoms with Gasteiger partial charge in [-0.25, -0.2) is 0 Å². The Labute approximate surface area is 172 Å². The molecule has 1 aliphatic rings. The van der Waals surface area contributed by atoms with Gasteiger partial charge in [0.05, 0.1) is 10.0 Å². The van der Waals surface area contributed by atoms with Gasteiger partial charge in [-0.2, -0.15) is 0 Å². The van der Waals surface area contributed by atoms with Gasteiger partial charge in [0.15, 0.2) is 5.75 Å². The first-order chi connectivity index (χ1) is 12.6. The number of hydrogen-bond acceptors (Lipinski definition) is 3. The molecule has 2 aromatic carbocycles. The maximum Gasteiger partial charge on any atom is 0.156 e. The van der Waals surface area contributed by atoms with Crippen molar-refractivity contribution in [3.05, 3.63) is 63.1 Å². The zero-order valence-electron chi connectivity index (χ0n) is 16.6. The second kappa shape index (κ2) is 7.63. The van der Waals surface area contributed by atoms with Crippen molar-refractivity contribution >= 4 is 23.2 Å². The Morgan fingerprint density at radius 3 is 2.30 bits per heavy atom. The van der Waals surface area contributed by atoms with Crippen molar-refractivity contribution < 1.29 is 4.74 Å². The highest BCUT2D eigenvalue weighted by Gasteiger charge is 2.40. The molecule has 0 amide bonds. The summed E-state index contributed by atoms with van der Waals surface area (Å²) in [4.78, 5) is 0. The maximum absolute atomic E-state index is 6.15. The number of nitrogens with one attached hydrogen (secondary N) is 2. The summed E-state index contributed by atoms with van der Waals surface area (Å²) in [6, 6.07) is 12.3. The van der Waals surface area contributed by atoms with Crippen LogP contribution < -0.4 is 15.4 Å². The fraction of sp³-hybridized carbons (Fsp3) is 0.455. The minimum absolute atomic E-state index is 0.000142. The largest absolute Gasteiger partial charge is 0.489 e. The molecule has 1 aliphatic heterocycles. The SMILES string of the molecule is CC(COc1c(Cl)cccc1Cl)NCc1ccc2c(c1)C(C)(C)NC2(C)C. The minimum atomic E-state index is -0.0234. The fourth-order valence-electron chi connectivity index (χ4n) is 3.86. The molecular weight excluding hydrogens is 379 g/mol. The van der Waals surface area contributed by atoms with Crippen molar-refractivity contribution in [2.45, 2.75) is 58.3 Å². The predicted octanol–water partition coefficient (Wildman–Crippen LogP) is 5.62. The Morgan fingerprint density at radius 2 is 1.63 bits per heavy atom. The van der Waals surface area contributed by atoms with Crippen LogP contribution in [0.15, 0.2) is 36.4 Å². The third kappa shape index (κ3) is 4.43. The third-order valence-electron chi connectivity index (χ3n) is 5.11. The Kier molecular flexibility index (Phi) is 5.79. The molecule has 27 heavy (non-hydrogen) atoms. The molecule has 3 nitrogen and oxygen atoms in total. The normalized spacial score (nSPS) is 18.2. The van der Waals surface area contributed by atoms with Gasteiger partial charge in [-0.15, -0.1) is 0 Å². The molecule has 0 aromatic heterocycles. The molecule has 2 N–H and O–H groups in total. The third-order valence-corrected chi connectivity index (χ3v) is 5.70. The first-order valence-corrected chi connectivity index (χ1v) is 10.1. The predicted molar refractivity (Wildman–Crippen MR) is 114 cm³/mol. The number of rotatable bonds is 6. The molecule has 0 bridgehead atoms. The van der Waals surface area contributed by atoms with Gasteiger partial charge >= 0.3 is 0 Å². The molecule has 3 rings (SSSR count). The molecule has 0 fully saturated rings. The second-order valence-electron chi connectivity index (χ2n) is 8.40. The molecule has 0 saturated carbocycles. The molecule has 0 saturated heterocycles. The second-order valence-corrected chi connectivity index (χ2v) is 9.21. The summed E-state index contributed by atoms with van der Waals surface area (Å²) in [6.07, 6.45) is 0. The van der Waals surface area contributed by atoms with Crippen LogP contribution >= 0.6 is 23.2 Å². The molecule has 146 valence electrons. The van der Waals surface area contributed by atoms with Crippen LogP contribution in [-0.4, -0.2) is 12.6 Å². The molecule has 0 radical (unpaired) electrons. The number of fused-ring (bicyclic) bond motifs is 1. The van der Waals surface area contributed by atoms with Crippen molar-refractivity contribution in [3.63, 3.8) is 0 Å². The first kappa shape index (κ1) is 20.5. The van der Waals surface area contributed by atoms with Crippen molar-refractivity contribution in [2.75, 3.05) is 6.61 Å². The molecular formula is C22H28Cl2N2O. The summed E-state index contributed by atoms with van der Waals surface area (Å²) in [7, 11) is 0. The lowest BCUT2D eigenvalue weighted by Gasteiger charge is -2.25. The van der Waals surface area contributed by atoms with Gasteiger partial charge in [0, 0.05) is 23.7 Å². The Bertz CT molecular complexity index is 813. The molecule has 0 spiro atoms. The molecule has 1 heterocycles. The molecule has 0 aliphatic carbocycles. The summed E-state index contributed by atoms with van der Waals surface area (Å²) < 4.78 is 5.82. The standard InChI is InChI=1S/C22H28Cl2N2O/c1-14(13-27-20-18(23)7-6-8-19(20)24)25-12-15-9-10-16-17(11-15)22(4,5)26-21(16,2)3/h6-11,14,25-26H,12-13H2,1-5H3. The zero-order chi connectivity index (χ0) is 19.8. The van der Waals surface area contributed by atoms with Gasteiger partial charge in [0.1, 0.15) is 6.61 Å². The maximum atomic E-state index is 6.15. The van der Waals surface area contributed by atoms with Gasteiger partial charge in [-0.3, -0.25) is 5.32 Å². The van der Waals surface area contributed by atoms with E-state index in [0.717, 1.165) is 6.54 Å². The molecule has 1 atom stereocenters. The highest BCUT2D eigenvalue weighted by molar-refractivity contribution is 6.37. The van der Waals surface area contributed by atoms with E-state index in [9.17, 15) is 0 Å². The van der Waals surface area contributed by atoms with E-state index in [1.807, 2.05) is 6.07 Å². The molecule has 1 unspecified atom stereocenters. The topological polar surface area (TPSA) is 33.3 Å². The Morgan fingerprint density at radius 1 is 1.00 bits per heavy atom. The Balaban J connectivity index is 1.61. The van der Waals surface area contributed by atoms with Crippen LogP contribution in [0.2, 0.25) is 10.0 Å². The molecule has 2 aromatic rings. The number of hydrogen-bond donors (Lipinski definition) is 2. The smallest absolute Gasteiger partial charge is 0.156 e. The van der Waals surface area contributed by atoms with E-state index in [1.165, 1.54) is 16.7 Å². The average Bonchev–Trinajstić information content (AvgIpc) is 2.76. The van der Waals surface area contributed by atoms with E-state index in [-0.39, 0.29) is 17.1 Å². The van der Waals surface area contributed by atoms with Crippen LogP contribution in [0.1, 0.15) is 51.3 Å². The van der Waals surface area contributed by atoms with Crippen LogP contribution in [0.4, 0.5) is 0 Å². The first-order valence-electron chi connectivity index (χ1n) is 9.33. The lowest BCUT2D eigenvalue weighted by Crippen LogP contribution is -2.39. The van der Waals surface area contributed by atoms with E-state index in [2.05, 4.69) is 63.5 Å². The number of para-hydroxylation sites is 1. The number of benzene rings is 2. The highest BCUT2D eigenvalue weighted by Crippen LogP contribution is 2.41. The quantitative estimate of drug-likeness (QED) is 0.652. The lowest BCUT2D eigenvalue weighted by atomic mass is 9.89. The van der Waals surface area contributed by atoms with Crippen LogP contribution in [0.25, 0.3) is 0 Å². The van der Waals surface area contributed by atoms with Crippen LogP contribution in [0.3, 0.4) is 0 Å². The van der Waals surface area contributed by atoms with Gasteiger partial charge in [-0.05, 0) is 63.4 Å². The van der Waals surface area contributed by atoms with Crippen molar-refractivity contribution in [3.8, 4) is 5.75 Å². The lowest BCUT2D eigenvalue weighted by molar-refractivity contribution is 0.273. The summed E-state index contributed by atoms with van der Waals surface area (Å²) in [5, 5.41) is 8.29. The van der Waals surface area contributed by atoms with Crippen molar-refractivity contribution in [1.82, 2.24) is 10.6 Å². The molecule has 5 heteroatoms. The summed E-state index contributed by atoms with van der Waals surface area (Å²) in [6.45, 7) is 12.3. The van der Waals surface area contributed by atoms with E-state index in [0.29, 0.717) is 22.4 Å². The average molecular weight is 407 g/mol. The summed E-state index contributed by atoms with van der Waals surface area (Å²) in [5.41, 5.74) is 3.99. The van der Waals surface area contributed by atoms with Gasteiger partial charge < -0.3 is 10.1 Å². The Hall–Kier alpha value is -1.26. The van der Waals surface area contributed by atoms with Crippen LogP contribution in [0, 0.1) is 0 Å².